The third-order valence-electron chi connectivity index (χ3n) is 4.48. The van der Waals surface area contributed by atoms with E-state index in [2.05, 4.69) is 0 Å². The number of benzene rings is 2. The van der Waals surface area contributed by atoms with Crippen molar-refractivity contribution in [3.05, 3.63) is 46.3 Å². The molecule has 26 heavy (non-hydrogen) atoms. The number of carbonyl (C=O) groups excluding carboxylic acids is 1. The van der Waals surface area contributed by atoms with Crippen molar-refractivity contribution in [3.63, 3.8) is 0 Å². The molecule has 2 aromatic carbocycles. The Bertz CT molecular complexity index is 1050. The van der Waals surface area contributed by atoms with Gasteiger partial charge in [-0.25, -0.2) is 4.79 Å². The van der Waals surface area contributed by atoms with E-state index >= 15 is 0 Å². The lowest BCUT2D eigenvalue weighted by molar-refractivity contribution is -0.128. The first-order chi connectivity index (χ1) is 12.2. The number of ketones is 1. The van der Waals surface area contributed by atoms with Gasteiger partial charge in [-0.05, 0) is 37.3 Å². The minimum absolute atomic E-state index is 0.00376. The first-order valence-corrected chi connectivity index (χ1v) is 8.42. The van der Waals surface area contributed by atoms with Crippen molar-refractivity contribution >= 4 is 27.5 Å². The first-order valence-electron chi connectivity index (χ1n) is 8.42. The zero-order valence-corrected chi connectivity index (χ0v) is 15.6. The lowest BCUT2D eigenvalue weighted by Crippen LogP contribution is -2.26. The van der Waals surface area contributed by atoms with Gasteiger partial charge in [0.1, 0.15) is 23.7 Å². The van der Waals surface area contributed by atoms with E-state index in [1.807, 2.05) is 45.9 Å². The van der Waals surface area contributed by atoms with Gasteiger partial charge in [0.05, 0.1) is 12.5 Å². The van der Waals surface area contributed by atoms with Gasteiger partial charge < -0.3 is 13.9 Å². The predicted molar refractivity (Wildman–Crippen MR) is 101 cm³/mol. The summed E-state index contributed by atoms with van der Waals surface area (Å²) in [7, 11) is 1.55. The normalized spacial score (nSPS) is 11.7. The Labute approximate surface area is 151 Å². The van der Waals surface area contributed by atoms with Crippen LogP contribution >= 0.6 is 0 Å². The number of methoxy groups -OCH3 is 1. The first kappa shape index (κ1) is 18.0. The highest BCUT2D eigenvalue weighted by atomic mass is 16.5. The zero-order valence-electron chi connectivity index (χ0n) is 15.6. The lowest BCUT2D eigenvalue weighted by atomic mass is 9.91. The Hall–Kier alpha value is -2.82. The molecule has 0 N–H and O–H groups in total. The van der Waals surface area contributed by atoms with E-state index < -0.39 is 11.0 Å². The van der Waals surface area contributed by atoms with E-state index in [0.29, 0.717) is 28.0 Å². The molecule has 0 aliphatic carbocycles. The van der Waals surface area contributed by atoms with Crippen molar-refractivity contribution < 1.29 is 18.7 Å². The van der Waals surface area contributed by atoms with E-state index in [9.17, 15) is 9.59 Å². The Morgan fingerprint density at radius 2 is 1.77 bits per heavy atom. The molecule has 3 rings (SSSR count). The van der Waals surface area contributed by atoms with Crippen LogP contribution in [0, 0.1) is 12.3 Å². The van der Waals surface area contributed by atoms with Gasteiger partial charge in [-0.1, -0.05) is 20.8 Å². The van der Waals surface area contributed by atoms with Gasteiger partial charge in [0, 0.05) is 21.8 Å². The summed E-state index contributed by atoms with van der Waals surface area (Å²) in [6.45, 7) is 7.35. The standard InChI is InChI=1S/C21H22O5/c1-12-17(25-11-18(22)21(2,3)4)9-8-15-14-7-6-13(24-5)10-16(14)20(23)26-19(12)15/h6-10H,11H2,1-5H3. The number of Topliss-reactive ketones (excluding diaryl/α,β-unsaturated/α-hetero) is 1. The molecule has 0 atom stereocenters. The molecule has 0 spiro atoms. The van der Waals surface area contributed by atoms with Crippen LogP contribution < -0.4 is 15.1 Å². The molecule has 1 aromatic heterocycles. The summed E-state index contributed by atoms with van der Waals surface area (Å²) in [6.07, 6.45) is 0. The van der Waals surface area contributed by atoms with Gasteiger partial charge in [-0.3, -0.25) is 4.79 Å². The fourth-order valence-electron chi connectivity index (χ4n) is 2.74. The number of carbonyl (C=O) groups is 1. The highest BCUT2D eigenvalue weighted by molar-refractivity contribution is 6.06. The van der Waals surface area contributed by atoms with Gasteiger partial charge in [-0.2, -0.15) is 0 Å². The summed E-state index contributed by atoms with van der Waals surface area (Å²) in [5, 5.41) is 2.07. The van der Waals surface area contributed by atoms with E-state index in [1.165, 1.54) is 0 Å². The second-order valence-electron chi connectivity index (χ2n) is 7.33. The molecular formula is C21H22O5. The molecule has 1 heterocycles. The lowest BCUT2D eigenvalue weighted by Gasteiger charge is -2.17. The average Bonchev–Trinajstić information content (AvgIpc) is 2.60. The van der Waals surface area contributed by atoms with Crippen molar-refractivity contribution in [1.82, 2.24) is 0 Å². The average molecular weight is 354 g/mol. The number of aryl methyl sites for hydroxylation is 1. The molecule has 0 fully saturated rings. The zero-order chi connectivity index (χ0) is 19.1. The predicted octanol–water partition coefficient (Wildman–Crippen LogP) is 4.26. The van der Waals surface area contributed by atoms with Crippen LogP contribution in [0.1, 0.15) is 26.3 Å². The topological polar surface area (TPSA) is 65.7 Å². The number of hydrogen-bond acceptors (Lipinski definition) is 5. The number of hydrogen-bond donors (Lipinski definition) is 0. The van der Waals surface area contributed by atoms with E-state index in [0.717, 1.165) is 10.8 Å². The molecule has 0 saturated heterocycles. The third-order valence-corrected chi connectivity index (χ3v) is 4.48. The number of fused-ring (bicyclic) bond motifs is 3. The van der Waals surface area contributed by atoms with Crippen LogP contribution in [0.2, 0.25) is 0 Å². The van der Waals surface area contributed by atoms with Crippen LogP contribution in [0.3, 0.4) is 0 Å². The molecular weight excluding hydrogens is 332 g/mol. The minimum Gasteiger partial charge on any atom is -0.497 e. The smallest absolute Gasteiger partial charge is 0.344 e. The highest BCUT2D eigenvalue weighted by Crippen LogP contribution is 2.32. The van der Waals surface area contributed by atoms with Gasteiger partial charge in [0.15, 0.2) is 5.78 Å². The Morgan fingerprint density at radius 3 is 2.42 bits per heavy atom. The maximum atomic E-state index is 12.4. The Morgan fingerprint density at radius 1 is 1.08 bits per heavy atom. The number of ether oxygens (including phenoxy) is 2. The SMILES string of the molecule is COc1ccc2c(c1)c(=O)oc1c(C)c(OCC(=O)C(C)(C)C)ccc12. The van der Waals surface area contributed by atoms with Crippen LogP contribution in [0.25, 0.3) is 21.7 Å². The monoisotopic (exact) mass is 354 g/mol. The summed E-state index contributed by atoms with van der Waals surface area (Å²) < 4.78 is 16.4. The highest BCUT2D eigenvalue weighted by Gasteiger charge is 2.22. The van der Waals surface area contributed by atoms with Crippen molar-refractivity contribution in [1.29, 1.82) is 0 Å². The van der Waals surface area contributed by atoms with Crippen molar-refractivity contribution in [3.8, 4) is 11.5 Å². The van der Waals surface area contributed by atoms with Crippen LogP contribution in [-0.2, 0) is 4.79 Å². The van der Waals surface area contributed by atoms with E-state index in [1.54, 1.807) is 19.2 Å². The van der Waals surface area contributed by atoms with E-state index in [4.69, 9.17) is 13.9 Å². The van der Waals surface area contributed by atoms with Crippen LogP contribution in [0.15, 0.2) is 39.5 Å². The van der Waals surface area contributed by atoms with Gasteiger partial charge in [-0.15, -0.1) is 0 Å². The third kappa shape index (κ3) is 3.17. The molecule has 0 aliphatic rings. The maximum absolute atomic E-state index is 12.4. The van der Waals surface area contributed by atoms with E-state index in [-0.39, 0.29) is 12.4 Å². The molecule has 0 amide bonds. The molecule has 136 valence electrons. The fourth-order valence-corrected chi connectivity index (χ4v) is 2.74. The van der Waals surface area contributed by atoms with Gasteiger partial charge >= 0.3 is 5.63 Å². The van der Waals surface area contributed by atoms with Crippen molar-refractivity contribution in [2.24, 2.45) is 5.41 Å². The molecule has 0 radical (unpaired) electrons. The quantitative estimate of drug-likeness (QED) is 0.517. The van der Waals surface area contributed by atoms with Crippen molar-refractivity contribution in [2.75, 3.05) is 13.7 Å². The molecule has 3 aromatic rings. The maximum Gasteiger partial charge on any atom is 0.344 e. The van der Waals surface area contributed by atoms with Crippen LogP contribution in [-0.4, -0.2) is 19.5 Å². The number of rotatable bonds is 4. The van der Waals surface area contributed by atoms with Gasteiger partial charge in [0.25, 0.3) is 0 Å². The molecule has 5 heteroatoms. The Balaban J connectivity index is 2.08. The summed E-state index contributed by atoms with van der Waals surface area (Å²) in [5.74, 6) is 1.14. The second kappa shape index (κ2) is 6.48. The second-order valence-corrected chi connectivity index (χ2v) is 7.33. The minimum atomic E-state index is -0.466. The molecule has 0 aliphatic heterocycles. The largest absolute Gasteiger partial charge is 0.497 e. The molecule has 0 bridgehead atoms. The van der Waals surface area contributed by atoms with Crippen LogP contribution in [0.5, 0.6) is 11.5 Å². The molecule has 5 nitrogen and oxygen atoms in total. The molecule has 0 unspecified atom stereocenters. The van der Waals surface area contributed by atoms with Crippen molar-refractivity contribution in [2.45, 2.75) is 27.7 Å². The van der Waals surface area contributed by atoms with Crippen LogP contribution in [0.4, 0.5) is 0 Å². The Kier molecular flexibility index (Phi) is 4.48. The fraction of sp³-hybridized carbons (Fsp3) is 0.333. The summed E-state index contributed by atoms with van der Waals surface area (Å²) >= 11 is 0. The summed E-state index contributed by atoms with van der Waals surface area (Å²) in [4.78, 5) is 24.5. The molecule has 0 saturated carbocycles. The summed E-state index contributed by atoms with van der Waals surface area (Å²) in [6, 6.07) is 8.97. The summed E-state index contributed by atoms with van der Waals surface area (Å²) in [5.41, 5.74) is 0.261. The van der Waals surface area contributed by atoms with Gasteiger partial charge in [0.2, 0.25) is 0 Å².